The molecule has 0 aliphatic carbocycles. The molecule has 4 rings (SSSR count). The molecule has 1 aliphatic rings. The predicted molar refractivity (Wildman–Crippen MR) is 108 cm³/mol. The van der Waals surface area contributed by atoms with Crippen molar-refractivity contribution >= 4 is 22.8 Å². The first-order chi connectivity index (χ1) is 13.6. The molecule has 1 N–H and O–H groups in total. The lowest BCUT2D eigenvalue weighted by atomic mass is 9.72. The number of aromatic amines is 1. The molecule has 0 atom stereocenters. The molecule has 0 bridgehead atoms. The van der Waals surface area contributed by atoms with Crippen LogP contribution in [0.1, 0.15) is 24.0 Å². The fourth-order valence-corrected chi connectivity index (χ4v) is 4.25. The van der Waals surface area contributed by atoms with Crippen LogP contribution in [0, 0.1) is 0 Å². The van der Waals surface area contributed by atoms with E-state index in [1.165, 1.54) is 7.11 Å². The van der Waals surface area contributed by atoms with Gasteiger partial charge >= 0.3 is 5.97 Å². The predicted octanol–water partition coefficient (Wildman–Crippen LogP) is 3.44. The summed E-state index contributed by atoms with van der Waals surface area (Å²) in [5.41, 5.74) is 2.34. The van der Waals surface area contributed by atoms with E-state index in [1.807, 2.05) is 65.7 Å². The van der Waals surface area contributed by atoms with E-state index in [9.17, 15) is 9.59 Å². The van der Waals surface area contributed by atoms with E-state index >= 15 is 0 Å². The Hall–Kier alpha value is -3.08. The number of carbonyl (C=O) groups excluding carboxylic acids is 2. The van der Waals surface area contributed by atoms with Gasteiger partial charge in [0.15, 0.2) is 0 Å². The first-order valence-corrected chi connectivity index (χ1v) is 9.61. The Morgan fingerprint density at radius 2 is 1.71 bits per heavy atom. The quantitative estimate of drug-likeness (QED) is 0.710. The van der Waals surface area contributed by atoms with Gasteiger partial charge in [-0.25, -0.2) is 0 Å². The number of hydrogen-bond acceptors (Lipinski definition) is 3. The SMILES string of the molecule is COC(=O)C1(c2ccccc2)CCN(C(=O)Cc2c[nH]c3ccccc23)CC1. The number of nitrogens with zero attached hydrogens (tertiary/aromatic N) is 1. The molecule has 2 heterocycles. The van der Waals surface area contributed by atoms with Gasteiger partial charge < -0.3 is 14.6 Å². The van der Waals surface area contributed by atoms with Crippen LogP contribution in [0.3, 0.4) is 0 Å². The number of fused-ring (bicyclic) bond motifs is 1. The van der Waals surface area contributed by atoms with Gasteiger partial charge in [0.25, 0.3) is 0 Å². The van der Waals surface area contributed by atoms with Gasteiger partial charge in [-0.05, 0) is 30.0 Å². The third kappa shape index (κ3) is 3.17. The number of piperidine rings is 1. The van der Waals surface area contributed by atoms with E-state index in [2.05, 4.69) is 4.98 Å². The maximum atomic E-state index is 12.9. The Morgan fingerprint density at radius 3 is 2.43 bits per heavy atom. The zero-order valence-electron chi connectivity index (χ0n) is 16.0. The molecule has 0 spiro atoms. The first kappa shape index (κ1) is 18.3. The summed E-state index contributed by atoms with van der Waals surface area (Å²) in [5.74, 6) is -0.126. The molecule has 28 heavy (non-hydrogen) atoms. The summed E-state index contributed by atoms with van der Waals surface area (Å²) >= 11 is 0. The normalized spacial score (nSPS) is 16.1. The highest BCUT2D eigenvalue weighted by Crippen LogP contribution is 2.37. The Morgan fingerprint density at radius 1 is 1.04 bits per heavy atom. The lowest BCUT2D eigenvalue weighted by Gasteiger charge is -2.40. The van der Waals surface area contributed by atoms with E-state index in [0.29, 0.717) is 32.4 Å². The third-order valence-corrected chi connectivity index (χ3v) is 5.89. The number of nitrogens with one attached hydrogen (secondary N) is 1. The van der Waals surface area contributed by atoms with Crippen molar-refractivity contribution in [2.45, 2.75) is 24.7 Å². The minimum Gasteiger partial charge on any atom is -0.468 e. The molecule has 1 amide bonds. The fraction of sp³-hybridized carbons (Fsp3) is 0.304. The summed E-state index contributed by atoms with van der Waals surface area (Å²) in [7, 11) is 1.43. The lowest BCUT2D eigenvalue weighted by molar-refractivity contribution is -0.151. The van der Waals surface area contributed by atoms with E-state index in [-0.39, 0.29) is 11.9 Å². The van der Waals surface area contributed by atoms with E-state index in [0.717, 1.165) is 22.0 Å². The smallest absolute Gasteiger partial charge is 0.316 e. The van der Waals surface area contributed by atoms with Crippen LogP contribution >= 0.6 is 0 Å². The number of aromatic nitrogens is 1. The Bertz CT molecular complexity index is 985. The van der Waals surface area contributed by atoms with Crippen molar-refractivity contribution in [1.82, 2.24) is 9.88 Å². The van der Waals surface area contributed by atoms with Crippen LogP contribution in [0.5, 0.6) is 0 Å². The van der Waals surface area contributed by atoms with Crippen LogP contribution in [0.4, 0.5) is 0 Å². The number of esters is 1. The lowest BCUT2D eigenvalue weighted by Crippen LogP contribution is -2.49. The Balaban J connectivity index is 1.49. The standard InChI is InChI=1S/C23H24N2O3/c1-28-22(27)23(18-7-3-2-4-8-18)11-13-25(14-12-23)21(26)15-17-16-24-20-10-6-5-9-19(17)20/h2-10,16,24H,11-15H2,1H3. The Kier molecular flexibility index (Phi) is 4.90. The molecule has 3 aromatic rings. The van der Waals surface area contributed by atoms with Crippen molar-refractivity contribution in [3.8, 4) is 0 Å². The van der Waals surface area contributed by atoms with Gasteiger partial charge in [0.1, 0.15) is 0 Å². The highest BCUT2D eigenvalue weighted by atomic mass is 16.5. The van der Waals surface area contributed by atoms with Gasteiger partial charge in [0.2, 0.25) is 5.91 Å². The molecule has 1 aliphatic heterocycles. The highest BCUT2D eigenvalue weighted by molar-refractivity contribution is 5.89. The van der Waals surface area contributed by atoms with E-state index in [4.69, 9.17) is 4.74 Å². The molecule has 5 heteroatoms. The van der Waals surface area contributed by atoms with Crippen LogP contribution in [0.2, 0.25) is 0 Å². The summed E-state index contributed by atoms with van der Waals surface area (Å²) in [5, 5.41) is 1.08. The monoisotopic (exact) mass is 376 g/mol. The summed E-state index contributed by atoms with van der Waals surface area (Å²) in [6.07, 6.45) is 3.42. The third-order valence-electron chi connectivity index (χ3n) is 5.89. The molecule has 1 saturated heterocycles. The number of rotatable bonds is 4. The summed E-state index contributed by atoms with van der Waals surface area (Å²) in [6, 6.07) is 17.8. The molecular formula is C23H24N2O3. The summed E-state index contributed by atoms with van der Waals surface area (Å²) in [6.45, 7) is 1.09. The molecule has 1 aromatic heterocycles. The molecule has 5 nitrogen and oxygen atoms in total. The van der Waals surface area contributed by atoms with Gasteiger partial charge in [-0.2, -0.15) is 0 Å². The molecule has 0 saturated carbocycles. The van der Waals surface area contributed by atoms with Gasteiger partial charge in [0.05, 0.1) is 18.9 Å². The number of hydrogen-bond donors (Lipinski definition) is 1. The number of methoxy groups -OCH3 is 1. The topological polar surface area (TPSA) is 62.4 Å². The molecule has 144 valence electrons. The second-order valence-electron chi connectivity index (χ2n) is 7.36. The van der Waals surface area contributed by atoms with E-state index in [1.54, 1.807) is 0 Å². The van der Waals surface area contributed by atoms with Gasteiger partial charge in [0, 0.05) is 30.2 Å². The average molecular weight is 376 g/mol. The molecule has 2 aromatic carbocycles. The number of benzene rings is 2. The van der Waals surface area contributed by atoms with Crippen molar-refractivity contribution in [3.63, 3.8) is 0 Å². The second kappa shape index (κ2) is 7.50. The number of H-pyrrole nitrogens is 1. The summed E-state index contributed by atoms with van der Waals surface area (Å²) in [4.78, 5) is 30.6. The maximum absolute atomic E-state index is 12.9. The van der Waals surface area contributed by atoms with Crippen LogP contribution in [0.25, 0.3) is 10.9 Å². The number of para-hydroxylation sites is 1. The zero-order chi connectivity index (χ0) is 19.6. The molecule has 0 unspecified atom stereocenters. The van der Waals surface area contributed by atoms with Crippen molar-refractivity contribution in [2.75, 3.05) is 20.2 Å². The van der Waals surface area contributed by atoms with Crippen LogP contribution in [0.15, 0.2) is 60.8 Å². The molecular weight excluding hydrogens is 352 g/mol. The van der Waals surface area contributed by atoms with Crippen molar-refractivity contribution < 1.29 is 14.3 Å². The average Bonchev–Trinajstić information content (AvgIpc) is 3.16. The van der Waals surface area contributed by atoms with Crippen LogP contribution in [-0.2, 0) is 26.2 Å². The zero-order valence-corrected chi connectivity index (χ0v) is 16.0. The van der Waals surface area contributed by atoms with Crippen molar-refractivity contribution in [1.29, 1.82) is 0 Å². The fourth-order valence-electron chi connectivity index (χ4n) is 4.25. The molecule has 0 radical (unpaired) electrons. The van der Waals surface area contributed by atoms with E-state index < -0.39 is 5.41 Å². The summed E-state index contributed by atoms with van der Waals surface area (Å²) < 4.78 is 5.13. The number of amides is 1. The number of ether oxygens (including phenoxy) is 1. The molecule has 1 fully saturated rings. The van der Waals surface area contributed by atoms with Crippen LogP contribution < -0.4 is 0 Å². The van der Waals surface area contributed by atoms with Gasteiger partial charge in [-0.1, -0.05) is 48.5 Å². The van der Waals surface area contributed by atoms with Gasteiger partial charge in [-0.3, -0.25) is 9.59 Å². The minimum atomic E-state index is -0.673. The van der Waals surface area contributed by atoms with Gasteiger partial charge in [-0.15, -0.1) is 0 Å². The van der Waals surface area contributed by atoms with Crippen molar-refractivity contribution in [3.05, 3.63) is 71.9 Å². The first-order valence-electron chi connectivity index (χ1n) is 9.61. The Labute approximate surface area is 164 Å². The number of likely N-dealkylation sites (tertiary alicyclic amines) is 1. The van der Waals surface area contributed by atoms with Crippen LogP contribution in [-0.4, -0.2) is 42.0 Å². The number of carbonyl (C=O) groups is 2. The van der Waals surface area contributed by atoms with Crippen molar-refractivity contribution in [2.24, 2.45) is 0 Å². The highest BCUT2D eigenvalue weighted by Gasteiger charge is 2.44. The maximum Gasteiger partial charge on any atom is 0.316 e. The largest absolute Gasteiger partial charge is 0.468 e. The second-order valence-corrected chi connectivity index (χ2v) is 7.36. The minimum absolute atomic E-state index is 0.0938.